The van der Waals surface area contributed by atoms with Crippen molar-refractivity contribution in [2.24, 2.45) is 0 Å². The lowest BCUT2D eigenvalue weighted by molar-refractivity contribution is 0.0637. The molecule has 2 aromatic rings. The van der Waals surface area contributed by atoms with Crippen LogP contribution in [0.15, 0.2) is 36.4 Å². The molecule has 0 spiro atoms. The molecule has 24 heavy (non-hydrogen) atoms. The number of carbonyl (C=O) groups excluding carboxylic acids is 1. The summed E-state index contributed by atoms with van der Waals surface area (Å²) in [5, 5.41) is 4.67. The normalized spacial score (nSPS) is 18.8. The Labute approximate surface area is 142 Å². The molecule has 5 nitrogen and oxygen atoms in total. The highest BCUT2D eigenvalue weighted by atomic mass is 16.2. The molecule has 2 heterocycles. The molecule has 1 aromatic carbocycles. The number of amides is 1. The monoisotopic (exact) mass is 324 g/mol. The second kappa shape index (κ2) is 6.40. The fraction of sp³-hybridized carbons (Fsp3) is 0.474. The van der Waals surface area contributed by atoms with Gasteiger partial charge in [-0.2, -0.15) is 5.10 Å². The zero-order chi connectivity index (χ0) is 16.5. The average molecular weight is 324 g/mol. The molecular weight excluding hydrogens is 300 g/mol. The van der Waals surface area contributed by atoms with Crippen LogP contribution in [0, 0.1) is 0 Å². The first-order chi connectivity index (χ1) is 11.8. The van der Waals surface area contributed by atoms with Gasteiger partial charge in [-0.1, -0.05) is 25.1 Å². The summed E-state index contributed by atoms with van der Waals surface area (Å²) in [6, 6.07) is 12.1. The Morgan fingerprint density at radius 1 is 1.12 bits per heavy atom. The molecule has 4 rings (SSSR count). The van der Waals surface area contributed by atoms with E-state index in [0.717, 1.165) is 38.4 Å². The zero-order valence-electron chi connectivity index (χ0n) is 14.2. The van der Waals surface area contributed by atoms with Crippen LogP contribution < -0.4 is 0 Å². The van der Waals surface area contributed by atoms with Gasteiger partial charge in [0.05, 0.1) is 5.69 Å². The van der Waals surface area contributed by atoms with Crippen LogP contribution in [0.3, 0.4) is 0 Å². The van der Waals surface area contributed by atoms with E-state index in [9.17, 15) is 4.79 Å². The van der Waals surface area contributed by atoms with E-state index in [1.165, 1.54) is 18.5 Å². The van der Waals surface area contributed by atoms with E-state index in [2.05, 4.69) is 16.9 Å². The van der Waals surface area contributed by atoms with Crippen molar-refractivity contribution in [3.05, 3.63) is 47.8 Å². The van der Waals surface area contributed by atoms with Crippen LogP contribution in [0.2, 0.25) is 0 Å². The van der Waals surface area contributed by atoms with Crippen molar-refractivity contribution in [3.8, 4) is 5.69 Å². The van der Waals surface area contributed by atoms with Gasteiger partial charge in [0, 0.05) is 37.8 Å². The highest BCUT2D eigenvalue weighted by Gasteiger charge is 2.31. The van der Waals surface area contributed by atoms with Gasteiger partial charge < -0.3 is 9.80 Å². The van der Waals surface area contributed by atoms with Gasteiger partial charge in [-0.05, 0) is 37.6 Å². The van der Waals surface area contributed by atoms with E-state index < -0.39 is 0 Å². The Morgan fingerprint density at radius 3 is 2.46 bits per heavy atom. The third kappa shape index (κ3) is 2.96. The summed E-state index contributed by atoms with van der Waals surface area (Å²) in [5.41, 5.74) is 2.80. The first-order valence-electron chi connectivity index (χ1n) is 8.93. The molecule has 1 aliphatic carbocycles. The van der Waals surface area contributed by atoms with Crippen LogP contribution in [0.5, 0.6) is 0 Å². The molecule has 0 N–H and O–H groups in total. The van der Waals surface area contributed by atoms with Crippen molar-refractivity contribution in [2.75, 3.05) is 32.7 Å². The van der Waals surface area contributed by atoms with Gasteiger partial charge >= 0.3 is 0 Å². The maximum Gasteiger partial charge on any atom is 0.274 e. The summed E-state index contributed by atoms with van der Waals surface area (Å²) in [6.45, 7) is 6.72. The first-order valence-corrected chi connectivity index (χ1v) is 8.93. The number of hydrogen-bond donors (Lipinski definition) is 0. The maximum absolute atomic E-state index is 12.9. The van der Waals surface area contributed by atoms with Gasteiger partial charge in [-0.25, -0.2) is 4.68 Å². The lowest BCUT2D eigenvalue weighted by Gasteiger charge is -2.33. The summed E-state index contributed by atoms with van der Waals surface area (Å²) in [5.74, 6) is 0.624. The minimum Gasteiger partial charge on any atom is -0.335 e. The van der Waals surface area contributed by atoms with Crippen LogP contribution >= 0.6 is 0 Å². The minimum atomic E-state index is 0.0716. The second-order valence-electron chi connectivity index (χ2n) is 6.70. The minimum absolute atomic E-state index is 0.0716. The van der Waals surface area contributed by atoms with Crippen LogP contribution in [-0.2, 0) is 0 Å². The van der Waals surface area contributed by atoms with E-state index in [0.29, 0.717) is 11.6 Å². The van der Waals surface area contributed by atoms with Gasteiger partial charge in [-0.3, -0.25) is 4.79 Å². The van der Waals surface area contributed by atoms with Crippen molar-refractivity contribution in [1.82, 2.24) is 19.6 Å². The Hall–Kier alpha value is -2.14. The van der Waals surface area contributed by atoms with E-state index >= 15 is 0 Å². The number of aromatic nitrogens is 2. The lowest BCUT2D eigenvalue weighted by Crippen LogP contribution is -2.48. The van der Waals surface area contributed by atoms with E-state index in [4.69, 9.17) is 0 Å². The summed E-state index contributed by atoms with van der Waals surface area (Å²) in [4.78, 5) is 17.2. The molecule has 2 aliphatic rings. The number of likely N-dealkylation sites (N-methyl/N-ethyl adjacent to an activating group) is 1. The summed E-state index contributed by atoms with van der Waals surface area (Å²) < 4.78 is 1.97. The standard InChI is InChI=1S/C19H24N4O/c1-2-21-10-12-22(13-11-21)19(24)17-14-18(15-8-9-15)23(20-17)16-6-4-3-5-7-16/h3-7,14-15H,2,8-13H2,1H3. The average Bonchev–Trinajstić information content (AvgIpc) is 3.40. The molecule has 1 aliphatic heterocycles. The maximum atomic E-state index is 12.9. The Bertz CT molecular complexity index is 712. The molecule has 0 bridgehead atoms. The van der Waals surface area contributed by atoms with E-state index in [1.54, 1.807) is 0 Å². The second-order valence-corrected chi connectivity index (χ2v) is 6.70. The highest BCUT2D eigenvalue weighted by Crippen LogP contribution is 2.41. The Kier molecular flexibility index (Phi) is 4.10. The van der Waals surface area contributed by atoms with Gasteiger partial charge in [0.2, 0.25) is 0 Å². The van der Waals surface area contributed by atoms with Crippen LogP contribution in [-0.4, -0.2) is 58.2 Å². The van der Waals surface area contributed by atoms with Crippen LogP contribution in [0.25, 0.3) is 5.69 Å². The fourth-order valence-corrected chi connectivity index (χ4v) is 3.38. The van der Waals surface area contributed by atoms with Gasteiger partial charge in [0.1, 0.15) is 0 Å². The Morgan fingerprint density at radius 2 is 1.83 bits per heavy atom. The molecule has 1 amide bonds. The summed E-state index contributed by atoms with van der Waals surface area (Å²) >= 11 is 0. The number of hydrogen-bond acceptors (Lipinski definition) is 3. The predicted molar refractivity (Wildman–Crippen MR) is 93.6 cm³/mol. The molecule has 0 atom stereocenters. The predicted octanol–water partition coefficient (Wildman–Crippen LogP) is 2.53. The topological polar surface area (TPSA) is 41.4 Å². The number of nitrogens with zero attached hydrogens (tertiary/aromatic N) is 4. The summed E-state index contributed by atoms with van der Waals surface area (Å²) in [7, 11) is 0. The number of para-hydroxylation sites is 1. The fourth-order valence-electron chi connectivity index (χ4n) is 3.38. The summed E-state index contributed by atoms with van der Waals surface area (Å²) in [6.07, 6.45) is 2.39. The Balaban J connectivity index is 1.59. The van der Waals surface area contributed by atoms with Crippen molar-refractivity contribution < 1.29 is 4.79 Å². The van der Waals surface area contributed by atoms with Gasteiger partial charge in [-0.15, -0.1) is 0 Å². The van der Waals surface area contributed by atoms with Crippen molar-refractivity contribution in [3.63, 3.8) is 0 Å². The zero-order valence-corrected chi connectivity index (χ0v) is 14.2. The number of carbonyl (C=O) groups is 1. The largest absolute Gasteiger partial charge is 0.335 e. The number of benzene rings is 1. The van der Waals surface area contributed by atoms with E-state index in [1.807, 2.05) is 46.0 Å². The van der Waals surface area contributed by atoms with Crippen molar-refractivity contribution in [2.45, 2.75) is 25.7 Å². The third-order valence-electron chi connectivity index (χ3n) is 5.06. The molecule has 5 heteroatoms. The molecule has 0 unspecified atom stereocenters. The molecule has 1 saturated carbocycles. The van der Waals surface area contributed by atoms with Crippen LogP contribution in [0.4, 0.5) is 0 Å². The van der Waals surface area contributed by atoms with Gasteiger partial charge in [0.15, 0.2) is 5.69 Å². The van der Waals surface area contributed by atoms with E-state index in [-0.39, 0.29) is 5.91 Å². The van der Waals surface area contributed by atoms with Crippen molar-refractivity contribution in [1.29, 1.82) is 0 Å². The van der Waals surface area contributed by atoms with Crippen LogP contribution in [0.1, 0.15) is 41.9 Å². The lowest BCUT2D eigenvalue weighted by atomic mass is 10.2. The smallest absolute Gasteiger partial charge is 0.274 e. The molecule has 1 aromatic heterocycles. The number of piperazine rings is 1. The SMILES string of the molecule is CCN1CCN(C(=O)c2cc(C3CC3)n(-c3ccccc3)n2)CC1. The third-order valence-corrected chi connectivity index (χ3v) is 5.06. The molecular formula is C19H24N4O. The quantitative estimate of drug-likeness (QED) is 0.868. The van der Waals surface area contributed by atoms with Crippen molar-refractivity contribution >= 4 is 5.91 Å². The molecule has 1 saturated heterocycles. The highest BCUT2D eigenvalue weighted by molar-refractivity contribution is 5.92. The number of rotatable bonds is 4. The molecule has 126 valence electrons. The van der Waals surface area contributed by atoms with Gasteiger partial charge in [0.25, 0.3) is 5.91 Å². The molecule has 2 fully saturated rings. The molecule has 0 radical (unpaired) electrons. The first kappa shape index (κ1) is 15.4.